The number of rotatable bonds is 4. The number of anilines is 1. The molecule has 1 aromatic carbocycles. The average molecular weight is 371 g/mol. The van der Waals surface area contributed by atoms with Gasteiger partial charge in [0.1, 0.15) is 11.6 Å². The molecule has 0 aliphatic rings. The van der Waals surface area contributed by atoms with E-state index in [0.717, 1.165) is 4.88 Å². The summed E-state index contributed by atoms with van der Waals surface area (Å²) in [7, 11) is 0. The highest BCUT2D eigenvalue weighted by Gasteiger charge is 2.14. The summed E-state index contributed by atoms with van der Waals surface area (Å²) in [6.45, 7) is 0. The standard InChI is InChI=1S/C17H10FN3O4S/c18-10-6-9(15-20-17(23)25-21-15)7-11(8-10)19-16(22)14-4-3-13(26-14)12-2-1-5-24-12/h1-8H,(H,19,22)(H,20,21,23). The van der Waals surface area contributed by atoms with E-state index in [1.165, 1.54) is 29.5 Å². The number of nitrogens with zero attached hydrogens (tertiary/aromatic N) is 1. The fourth-order valence-electron chi connectivity index (χ4n) is 2.36. The average Bonchev–Trinajstić information content (AvgIpc) is 3.35. The Balaban J connectivity index is 1.58. The van der Waals surface area contributed by atoms with Crippen molar-refractivity contribution in [1.82, 2.24) is 10.1 Å². The van der Waals surface area contributed by atoms with Gasteiger partial charge in [0.2, 0.25) is 0 Å². The molecule has 0 atom stereocenters. The van der Waals surface area contributed by atoms with Crippen molar-refractivity contribution in [3.63, 3.8) is 0 Å². The van der Waals surface area contributed by atoms with E-state index >= 15 is 0 Å². The fourth-order valence-corrected chi connectivity index (χ4v) is 3.23. The number of H-pyrrole nitrogens is 1. The van der Waals surface area contributed by atoms with Gasteiger partial charge in [-0.15, -0.1) is 11.3 Å². The topological polar surface area (TPSA) is 101 Å². The van der Waals surface area contributed by atoms with Crippen LogP contribution in [0, 0.1) is 5.82 Å². The quantitative estimate of drug-likeness (QED) is 0.569. The number of aromatic amines is 1. The van der Waals surface area contributed by atoms with Crippen LogP contribution >= 0.6 is 11.3 Å². The van der Waals surface area contributed by atoms with Crippen molar-refractivity contribution in [2.45, 2.75) is 0 Å². The van der Waals surface area contributed by atoms with Crippen LogP contribution in [-0.2, 0) is 0 Å². The lowest BCUT2D eigenvalue weighted by atomic mass is 10.2. The first-order valence-corrected chi connectivity index (χ1v) is 8.22. The molecule has 2 N–H and O–H groups in total. The molecule has 4 rings (SSSR count). The van der Waals surface area contributed by atoms with Gasteiger partial charge in [-0.05, 0) is 42.5 Å². The molecule has 0 spiro atoms. The van der Waals surface area contributed by atoms with Crippen LogP contribution in [0.3, 0.4) is 0 Å². The summed E-state index contributed by atoms with van der Waals surface area (Å²) in [5.74, 6) is -1.00. The van der Waals surface area contributed by atoms with Gasteiger partial charge in [-0.3, -0.25) is 14.3 Å². The highest BCUT2D eigenvalue weighted by atomic mass is 32.1. The summed E-state index contributed by atoms with van der Waals surface area (Å²) in [5.41, 5.74) is 0.496. The number of furan rings is 1. The monoisotopic (exact) mass is 371 g/mol. The molecule has 0 fully saturated rings. The molecule has 0 bridgehead atoms. The van der Waals surface area contributed by atoms with E-state index in [2.05, 4.69) is 20.0 Å². The largest absolute Gasteiger partial charge is 0.464 e. The van der Waals surface area contributed by atoms with E-state index in [0.29, 0.717) is 10.6 Å². The molecule has 0 saturated carbocycles. The van der Waals surface area contributed by atoms with Crippen LogP contribution in [0.2, 0.25) is 0 Å². The van der Waals surface area contributed by atoms with E-state index < -0.39 is 17.5 Å². The first kappa shape index (κ1) is 16.0. The number of hydrogen-bond donors (Lipinski definition) is 2. The van der Waals surface area contributed by atoms with E-state index in [4.69, 9.17) is 4.42 Å². The number of thiophene rings is 1. The smallest absolute Gasteiger partial charge is 0.439 e. The fraction of sp³-hybridized carbons (Fsp3) is 0. The van der Waals surface area contributed by atoms with Crippen LogP contribution in [0.1, 0.15) is 9.67 Å². The van der Waals surface area contributed by atoms with Crippen molar-refractivity contribution in [1.29, 1.82) is 0 Å². The van der Waals surface area contributed by atoms with Gasteiger partial charge in [0.05, 0.1) is 16.0 Å². The second kappa shape index (κ2) is 6.45. The highest BCUT2D eigenvalue weighted by molar-refractivity contribution is 7.17. The Bertz CT molecular complexity index is 1130. The summed E-state index contributed by atoms with van der Waals surface area (Å²) >= 11 is 1.25. The Morgan fingerprint density at radius 3 is 2.85 bits per heavy atom. The predicted molar refractivity (Wildman–Crippen MR) is 92.5 cm³/mol. The number of carbonyl (C=O) groups is 1. The van der Waals surface area contributed by atoms with Crippen molar-refractivity contribution in [2.24, 2.45) is 0 Å². The molecule has 0 unspecified atom stereocenters. The van der Waals surface area contributed by atoms with Gasteiger partial charge in [0, 0.05) is 11.3 Å². The highest BCUT2D eigenvalue weighted by Crippen LogP contribution is 2.29. The third kappa shape index (κ3) is 3.20. The Labute approximate surface area is 149 Å². The molecule has 3 aromatic heterocycles. The maximum absolute atomic E-state index is 13.9. The zero-order valence-electron chi connectivity index (χ0n) is 13.0. The van der Waals surface area contributed by atoms with Gasteiger partial charge < -0.3 is 9.73 Å². The van der Waals surface area contributed by atoms with E-state index in [1.807, 2.05) is 0 Å². The van der Waals surface area contributed by atoms with Crippen molar-refractivity contribution in [2.75, 3.05) is 5.32 Å². The van der Waals surface area contributed by atoms with Gasteiger partial charge in [-0.2, -0.15) is 0 Å². The number of nitrogens with one attached hydrogen (secondary N) is 2. The minimum atomic E-state index is -0.751. The van der Waals surface area contributed by atoms with E-state index in [-0.39, 0.29) is 17.1 Å². The summed E-state index contributed by atoms with van der Waals surface area (Å²) in [6.07, 6.45) is 1.55. The molecular formula is C17H10FN3O4S. The van der Waals surface area contributed by atoms with Gasteiger partial charge >= 0.3 is 5.76 Å². The van der Waals surface area contributed by atoms with Gasteiger partial charge in [0.25, 0.3) is 5.91 Å². The summed E-state index contributed by atoms with van der Waals surface area (Å²) < 4.78 is 23.6. The molecule has 3 heterocycles. The molecule has 1 amide bonds. The van der Waals surface area contributed by atoms with Gasteiger partial charge in [-0.1, -0.05) is 5.16 Å². The second-order valence-electron chi connectivity index (χ2n) is 5.27. The Morgan fingerprint density at radius 1 is 1.23 bits per heavy atom. The lowest BCUT2D eigenvalue weighted by molar-refractivity contribution is 0.103. The van der Waals surface area contributed by atoms with E-state index in [9.17, 15) is 14.0 Å². The number of aromatic nitrogens is 2. The molecule has 4 aromatic rings. The van der Waals surface area contributed by atoms with Crippen LogP contribution in [0.15, 0.2) is 62.5 Å². The number of halogens is 1. The SMILES string of the molecule is O=C(Nc1cc(F)cc(-c2noc(=O)[nH]2)c1)c1ccc(-c2ccco2)s1. The normalized spacial score (nSPS) is 10.8. The number of hydrogen-bond acceptors (Lipinski definition) is 6. The zero-order chi connectivity index (χ0) is 18.1. The van der Waals surface area contributed by atoms with Crippen molar-refractivity contribution < 1.29 is 18.1 Å². The van der Waals surface area contributed by atoms with Crippen molar-refractivity contribution in [3.05, 3.63) is 70.0 Å². The minimum Gasteiger partial charge on any atom is -0.464 e. The Morgan fingerprint density at radius 2 is 2.12 bits per heavy atom. The van der Waals surface area contributed by atoms with Gasteiger partial charge in [0.15, 0.2) is 5.82 Å². The Kier molecular flexibility index (Phi) is 3.98. The maximum Gasteiger partial charge on any atom is 0.439 e. The number of amides is 1. The number of carbonyl (C=O) groups excluding carboxylic acids is 1. The molecule has 26 heavy (non-hydrogen) atoms. The lowest BCUT2D eigenvalue weighted by Gasteiger charge is -2.05. The van der Waals surface area contributed by atoms with Crippen molar-refractivity contribution in [3.8, 4) is 22.0 Å². The van der Waals surface area contributed by atoms with Crippen LogP contribution in [0.25, 0.3) is 22.0 Å². The molecule has 7 nitrogen and oxygen atoms in total. The number of benzene rings is 1. The summed E-state index contributed by atoms with van der Waals surface area (Å²) in [6, 6.07) is 10.8. The summed E-state index contributed by atoms with van der Waals surface area (Å²) in [4.78, 5) is 27.0. The van der Waals surface area contributed by atoms with Crippen LogP contribution in [0.5, 0.6) is 0 Å². The molecule has 130 valence electrons. The maximum atomic E-state index is 13.9. The van der Waals surface area contributed by atoms with Gasteiger partial charge in [-0.25, -0.2) is 9.18 Å². The first-order chi connectivity index (χ1) is 12.6. The zero-order valence-corrected chi connectivity index (χ0v) is 13.8. The third-order valence-corrected chi connectivity index (χ3v) is 4.56. The van der Waals surface area contributed by atoms with Crippen LogP contribution < -0.4 is 11.1 Å². The van der Waals surface area contributed by atoms with E-state index in [1.54, 1.807) is 30.5 Å². The van der Waals surface area contributed by atoms with Crippen LogP contribution in [0.4, 0.5) is 10.1 Å². The molecule has 0 radical (unpaired) electrons. The Hall–Kier alpha value is -3.46. The lowest BCUT2D eigenvalue weighted by Crippen LogP contribution is -2.10. The molecular weight excluding hydrogens is 361 g/mol. The molecule has 0 saturated heterocycles. The van der Waals surface area contributed by atoms with Crippen LogP contribution in [-0.4, -0.2) is 16.0 Å². The summed E-state index contributed by atoms with van der Waals surface area (Å²) in [5, 5.41) is 6.13. The first-order valence-electron chi connectivity index (χ1n) is 7.40. The molecule has 9 heteroatoms. The molecule has 0 aliphatic heterocycles. The van der Waals surface area contributed by atoms with Crippen molar-refractivity contribution >= 4 is 22.9 Å². The second-order valence-corrected chi connectivity index (χ2v) is 6.35. The predicted octanol–water partition coefficient (Wildman–Crippen LogP) is 3.74. The minimum absolute atomic E-state index is 0.0706. The molecule has 0 aliphatic carbocycles. The third-order valence-electron chi connectivity index (χ3n) is 3.46.